The fourth-order valence-electron chi connectivity index (χ4n) is 4.06. The summed E-state index contributed by atoms with van der Waals surface area (Å²) < 4.78 is 0. The van der Waals surface area contributed by atoms with Crippen LogP contribution in [0, 0.1) is 20.2 Å². The lowest BCUT2D eigenvalue weighted by atomic mass is 9.90. The zero-order valence-electron chi connectivity index (χ0n) is 17.2. The number of benzene rings is 3. The van der Waals surface area contributed by atoms with E-state index in [1.165, 1.54) is 0 Å². The van der Waals surface area contributed by atoms with Crippen LogP contribution in [0.4, 0.5) is 22.7 Å². The van der Waals surface area contributed by atoms with Gasteiger partial charge in [0, 0.05) is 29.5 Å². The number of fused-ring (bicyclic) bond motifs is 1. The summed E-state index contributed by atoms with van der Waals surface area (Å²) in [4.78, 5) is 36.0. The number of nitrogens with one attached hydrogen (secondary N) is 1. The number of nitro groups is 2. The zero-order chi connectivity index (χ0) is 22.8. The molecule has 0 radical (unpaired) electrons. The lowest BCUT2D eigenvalue weighted by molar-refractivity contribution is -0.394. The van der Waals surface area contributed by atoms with Gasteiger partial charge in [-0.1, -0.05) is 36.4 Å². The van der Waals surface area contributed by atoms with E-state index in [1.54, 1.807) is 4.90 Å². The molecule has 0 aromatic heterocycles. The Balaban J connectivity index is 1.73. The molecular weight excluding hydrogens is 412 g/mol. The van der Waals surface area contributed by atoms with E-state index in [9.17, 15) is 25.0 Å². The fourth-order valence-corrected chi connectivity index (χ4v) is 4.06. The van der Waals surface area contributed by atoms with Crippen LogP contribution in [0.3, 0.4) is 0 Å². The van der Waals surface area contributed by atoms with Gasteiger partial charge in [-0.2, -0.15) is 0 Å². The number of nitrogens with zero attached hydrogens (tertiary/aromatic N) is 3. The van der Waals surface area contributed by atoms with E-state index in [4.69, 9.17) is 0 Å². The van der Waals surface area contributed by atoms with Gasteiger partial charge in [0.25, 0.3) is 17.3 Å². The van der Waals surface area contributed by atoms with Crippen LogP contribution < -0.4 is 10.2 Å². The van der Waals surface area contributed by atoms with Crippen molar-refractivity contribution in [2.45, 2.75) is 25.4 Å². The predicted octanol–water partition coefficient (Wildman–Crippen LogP) is 5.10. The van der Waals surface area contributed by atoms with E-state index >= 15 is 0 Å². The van der Waals surface area contributed by atoms with E-state index < -0.39 is 27.1 Å². The first kappa shape index (κ1) is 21.0. The molecule has 1 aliphatic heterocycles. The molecular formula is C23H20N4O5. The quantitative estimate of drug-likeness (QED) is 0.443. The molecule has 0 bridgehead atoms. The molecule has 1 N–H and O–H groups in total. The van der Waals surface area contributed by atoms with Gasteiger partial charge in [0.15, 0.2) is 0 Å². The Labute approximate surface area is 183 Å². The number of rotatable bonds is 5. The number of non-ortho nitro benzene ring substituents is 2. The second-order valence-corrected chi connectivity index (χ2v) is 7.63. The molecule has 0 aliphatic carbocycles. The monoisotopic (exact) mass is 432 g/mol. The van der Waals surface area contributed by atoms with Gasteiger partial charge >= 0.3 is 0 Å². The largest absolute Gasteiger partial charge is 0.378 e. The van der Waals surface area contributed by atoms with Crippen molar-refractivity contribution in [2.75, 3.05) is 10.2 Å². The summed E-state index contributed by atoms with van der Waals surface area (Å²) in [5.74, 6) is -0.519. The third kappa shape index (κ3) is 4.00. The van der Waals surface area contributed by atoms with Gasteiger partial charge in [-0.3, -0.25) is 25.0 Å². The molecule has 1 amide bonds. The predicted molar refractivity (Wildman–Crippen MR) is 120 cm³/mol. The molecule has 1 aliphatic rings. The van der Waals surface area contributed by atoms with Crippen LogP contribution in [0.25, 0.3) is 0 Å². The van der Waals surface area contributed by atoms with E-state index in [-0.39, 0.29) is 17.6 Å². The maximum Gasteiger partial charge on any atom is 0.277 e. The minimum Gasteiger partial charge on any atom is -0.378 e. The second kappa shape index (κ2) is 8.46. The maximum absolute atomic E-state index is 13.4. The van der Waals surface area contributed by atoms with Crippen molar-refractivity contribution in [2.24, 2.45) is 0 Å². The van der Waals surface area contributed by atoms with Gasteiger partial charge in [-0.25, -0.2) is 0 Å². The molecule has 162 valence electrons. The first-order valence-electron chi connectivity index (χ1n) is 10.0. The first-order valence-corrected chi connectivity index (χ1v) is 10.0. The summed E-state index contributed by atoms with van der Waals surface area (Å²) in [6.07, 6.45) is 0.592. The molecule has 0 unspecified atom stereocenters. The highest BCUT2D eigenvalue weighted by Crippen LogP contribution is 2.40. The molecule has 4 rings (SSSR count). The van der Waals surface area contributed by atoms with E-state index in [1.807, 2.05) is 61.5 Å². The van der Waals surface area contributed by atoms with Crippen molar-refractivity contribution in [3.05, 3.63) is 104 Å². The maximum atomic E-state index is 13.4. The van der Waals surface area contributed by atoms with Gasteiger partial charge in [0.1, 0.15) is 0 Å². The second-order valence-electron chi connectivity index (χ2n) is 7.63. The number of carbonyl (C=O) groups is 1. The van der Waals surface area contributed by atoms with Gasteiger partial charge in [-0.15, -0.1) is 0 Å². The Morgan fingerprint density at radius 1 is 0.938 bits per heavy atom. The SMILES string of the molecule is C[C@H]1C[C@H](Nc2ccccc2)c2ccccc2N1C(=O)c1cc([N+](=O)[O-])cc([N+](=O)[O-])c1. The number of hydrogen-bond donors (Lipinski definition) is 1. The molecule has 1 heterocycles. The zero-order valence-corrected chi connectivity index (χ0v) is 17.2. The van der Waals surface area contributed by atoms with Gasteiger partial charge in [0.2, 0.25) is 0 Å². The Bertz CT molecular complexity index is 1170. The number of nitro benzene ring substituents is 2. The van der Waals surface area contributed by atoms with Crippen molar-refractivity contribution in [3.63, 3.8) is 0 Å². The summed E-state index contributed by atoms with van der Waals surface area (Å²) in [6, 6.07) is 19.9. The minimum absolute atomic E-state index is 0.0490. The summed E-state index contributed by atoms with van der Waals surface area (Å²) in [5.41, 5.74) is 1.44. The Morgan fingerprint density at radius 2 is 1.53 bits per heavy atom. The van der Waals surface area contributed by atoms with Crippen molar-refractivity contribution >= 4 is 28.7 Å². The lowest BCUT2D eigenvalue weighted by Crippen LogP contribution is -2.44. The van der Waals surface area contributed by atoms with Crippen molar-refractivity contribution in [3.8, 4) is 0 Å². The van der Waals surface area contributed by atoms with Crippen molar-refractivity contribution in [1.29, 1.82) is 0 Å². The fraction of sp³-hybridized carbons (Fsp3) is 0.174. The van der Waals surface area contributed by atoms with Gasteiger partial charge < -0.3 is 10.2 Å². The normalized spacial score (nSPS) is 17.3. The number of para-hydroxylation sites is 2. The lowest BCUT2D eigenvalue weighted by Gasteiger charge is -2.40. The van der Waals surface area contributed by atoms with Gasteiger partial charge in [-0.05, 0) is 37.1 Å². The average Bonchev–Trinajstić information content (AvgIpc) is 2.79. The highest BCUT2D eigenvalue weighted by molar-refractivity contribution is 6.08. The molecule has 9 nitrogen and oxygen atoms in total. The van der Waals surface area contributed by atoms with Gasteiger partial charge in [0.05, 0.1) is 27.5 Å². The number of amides is 1. The highest BCUT2D eigenvalue weighted by atomic mass is 16.6. The smallest absolute Gasteiger partial charge is 0.277 e. The Kier molecular flexibility index (Phi) is 5.55. The van der Waals surface area contributed by atoms with Crippen LogP contribution in [0.1, 0.15) is 35.3 Å². The van der Waals surface area contributed by atoms with E-state index in [0.29, 0.717) is 12.1 Å². The summed E-state index contributed by atoms with van der Waals surface area (Å²) in [6.45, 7) is 1.89. The number of carbonyl (C=O) groups excluding carboxylic acids is 1. The topological polar surface area (TPSA) is 119 Å². The number of hydrogen-bond acceptors (Lipinski definition) is 6. The van der Waals surface area contributed by atoms with Crippen molar-refractivity contribution in [1.82, 2.24) is 0 Å². The molecule has 3 aromatic rings. The molecule has 0 saturated carbocycles. The molecule has 0 fully saturated rings. The third-order valence-electron chi connectivity index (χ3n) is 5.49. The highest BCUT2D eigenvalue weighted by Gasteiger charge is 2.35. The summed E-state index contributed by atoms with van der Waals surface area (Å²) in [5, 5.41) is 26.0. The summed E-state index contributed by atoms with van der Waals surface area (Å²) >= 11 is 0. The van der Waals surface area contributed by atoms with Crippen LogP contribution in [-0.2, 0) is 0 Å². The van der Waals surface area contributed by atoms with E-state index in [0.717, 1.165) is 29.4 Å². The first-order chi connectivity index (χ1) is 15.3. The minimum atomic E-state index is -0.739. The molecule has 32 heavy (non-hydrogen) atoms. The molecule has 0 saturated heterocycles. The summed E-state index contributed by atoms with van der Waals surface area (Å²) in [7, 11) is 0. The van der Waals surface area contributed by atoms with Crippen LogP contribution in [-0.4, -0.2) is 21.8 Å². The Morgan fingerprint density at radius 3 is 2.16 bits per heavy atom. The van der Waals surface area contributed by atoms with Crippen LogP contribution in [0.2, 0.25) is 0 Å². The third-order valence-corrected chi connectivity index (χ3v) is 5.49. The standard InChI is InChI=1S/C23H20N4O5/c1-15-11-21(24-17-7-3-2-4-8-17)20-9-5-6-10-22(20)25(15)23(28)16-12-18(26(29)30)14-19(13-16)27(31)32/h2-10,12-15,21,24H,11H2,1H3/t15-,21-/m0/s1. The van der Waals surface area contributed by atoms with Crippen LogP contribution in [0.15, 0.2) is 72.8 Å². The average molecular weight is 432 g/mol. The molecule has 9 heteroatoms. The number of anilines is 2. The van der Waals surface area contributed by atoms with Crippen molar-refractivity contribution < 1.29 is 14.6 Å². The van der Waals surface area contributed by atoms with E-state index in [2.05, 4.69) is 5.32 Å². The molecule has 0 spiro atoms. The molecule has 3 aromatic carbocycles. The molecule has 2 atom stereocenters. The van der Waals surface area contributed by atoms with Crippen LogP contribution in [0.5, 0.6) is 0 Å². The Hall–Kier alpha value is -4.27. The van der Waals surface area contributed by atoms with Crippen LogP contribution >= 0.6 is 0 Å².